The van der Waals surface area contributed by atoms with Gasteiger partial charge in [0.2, 0.25) is 0 Å². The average molecular weight is 333 g/mol. The largest absolute Gasteiger partial charge is 0.347 e. The SMILES string of the molecule is Cc1nc(-c2ccc(F)cc2)sc1C(=O)NC1CNCCC1C. The predicted octanol–water partition coefficient (Wildman–Crippen LogP) is 2.99. The van der Waals surface area contributed by atoms with Crippen LogP contribution in [0.2, 0.25) is 0 Å². The number of benzene rings is 1. The summed E-state index contributed by atoms with van der Waals surface area (Å²) in [5.41, 5.74) is 1.54. The number of nitrogens with zero attached hydrogens (tertiary/aromatic N) is 1. The molecule has 1 aromatic heterocycles. The van der Waals surface area contributed by atoms with Crippen molar-refractivity contribution in [3.8, 4) is 10.6 Å². The topological polar surface area (TPSA) is 54.0 Å². The molecular formula is C17H20FN3OS. The average Bonchev–Trinajstić information content (AvgIpc) is 2.92. The number of piperidine rings is 1. The van der Waals surface area contributed by atoms with Crippen molar-refractivity contribution >= 4 is 17.2 Å². The number of hydrogen-bond acceptors (Lipinski definition) is 4. The maximum Gasteiger partial charge on any atom is 0.263 e. The Morgan fingerprint density at radius 1 is 1.39 bits per heavy atom. The molecule has 0 bridgehead atoms. The summed E-state index contributed by atoms with van der Waals surface area (Å²) in [6.07, 6.45) is 1.06. The van der Waals surface area contributed by atoms with Crippen LogP contribution in [0, 0.1) is 18.7 Å². The van der Waals surface area contributed by atoms with E-state index >= 15 is 0 Å². The van der Waals surface area contributed by atoms with E-state index in [1.807, 2.05) is 6.92 Å². The molecule has 4 nitrogen and oxygen atoms in total. The molecule has 1 amide bonds. The molecule has 122 valence electrons. The Morgan fingerprint density at radius 3 is 2.83 bits per heavy atom. The first-order chi connectivity index (χ1) is 11.0. The van der Waals surface area contributed by atoms with Crippen LogP contribution < -0.4 is 10.6 Å². The molecule has 0 spiro atoms. The van der Waals surface area contributed by atoms with Crippen LogP contribution in [0.3, 0.4) is 0 Å². The summed E-state index contributed by atoms with van der Waals surface area (Å²) in [7, 11) is 0. The number of rotatable bonds is 3. The van der Waals surface area contributed by atoms with E-state index in [0.717, 1.165) is 30.1 Å². The van der Waals surface area contributed by atoms with Crippen molar-refractivity contribution in [1.29, 1.82) is 0 Å². The lowest BCUT2D eigenvalue weighted by atomic mass is 9.95. The molecule has 1 aromatic carbocycles. The maximum atomic E-state index is 13.0. The van der Waals surface area contributed by atoms with Crippen LogP contribution in [0.4, 0.5) is 4.39 Å². The van der Waals surface area contributed by atoms with Gasteiger partial charge < -0.3 is 10.6 Å². The Morgan fingerprint density at radius 2 is 2.13 bits per heavy atom. The summed E-state index contributed by atoms with van der Waals surface area (Å²) in [4.78, 5) is 17.6. The highest BCUT2D eigenvalue weighted by atomic mass is 32.1. The molecule has 1 aliphatic rings. The summed E-state index contributed by atoms with van der Waals surface area (Å²) in [6, 6.07) is 6.32. The second-order valence-electron chi connectivity index (χ2n) is 5.99. The number of amides is 1. The van der Waals surface area contributed by atoms with E-state index in [1.165, 1.54) is 23.5 Å². The molecule has 1 fully saturated rings. The molecule has 2 aromatic rings. The number of thiazole rings is 1. The molecule has 2 atom stereocenters. The lowest BCUT2D eigenvalue weighted by molar-refractivity contribution is 0.0918. The fourth-order valence-electron chi connectivity index (χ4n) is 2.74. The molecule has 0 aliphatic carbocycles. The first-order valence-electron chi connectivity index (χ1n) is 7.79. The summed E-state index contributed by atoms with van der Waals surface area (Å²) < 4.78 is 13.0. The van der Waals surface area contributed by atoms with Crippen molar-refractivity contribution in [2.75, 3.05) is 13.1 Å². The van der Waals surface area contributed by atoms with Gasteiger partial charge in [0.05, 0.1) is 5.69 Å². The standard InChI is InChI=1S/C17H20FN3OS/c1-10-7-8-19-9-14(10)21-16(22)15-11(2)20-17(23-15)12-3-5-13(18)6-4-12/h3-6,10,14,19H,7-9H2,1-2H3,(H,21,22). The highest BCUT2D eigenvalue weighted by Gasteiger charge is 2.25. The lowest BCUT2D eigenvalue weighted by Gasteiger charge is -2.30. The van der Waals surface area contributed by atoms with Crippen LogP contribution in [-0.2, 0) is 0 Å². The Kier molecular flexibility index (Phi) is 4.73. The number of aromatic nitrogens is 1. The molecule has 3 rings (SSSR count). The van der Waals surface area contributed by atoms with Crippen molar-refractivity contribution in [1.82, 2.24) is 15.6 Å². The van der Waals surface area contributed by atoms with E-state index < -0.39 is 0 Å². The molecular weight excluding hydrogens is 313 g/mol. The quantitative estimate of drug-likeness (QED) is 0.908. The van der Waals surface area contributed by atoms with Crippen LogP contribution in [0.25, 0.3) is 10.6 Å². The Bertz CT molecular complexity index is 698. The summed E-state index contributed by atoms with van der Waals surface area (Å²) in [6.45, 7) is 5.80. The summed E-state index contributed by atoms with van der Waals surface area (Å²) >= 11 is 1.35. The molecule has 2 heterocycles. The van der Waals surface area contributed by atoms with Gasteiger partial charge in [0.1, 0.15) is 15.7 Å². The molecule has 0 radical (unpaired) electrons. The lowest BCUT2D eigenvalue weighted by Crippen LogP contribution is -2.50. The van der Waals surface area contributed by atoms with Crippen molar-refractivity contribution in [2.24, 2.45) is 5.92 Å². The molecule has 2 unspecified atom stereocenters. The van der Waals surface area contributed by atoms with Gasteiger partial charge in [-0.2, -0.15) is 0 Å². The van der Waals surface area contributed by atoms with E-state index in [1.54, 1.807) is 12.1 Å². The Labute approximate surface area is 139 Å². The number of halogens is 1. The van der Waals surface area contributed by atoms with Gasteiger partial charge in [0, 0.05) is 18.2 Å². The minimum atomic E-state index is -0.279. The number of carbonyl (C=O) groups is 1. The fraction of sp³-hybridized carbons (Fsp3) is 0.412. The second-order valence-corrected chi connectivity index (χ2v) is 6.99. The predicted molar refractivity (Wildman–Crippen MR) is 90.1 cm³/mol. The van der Waals surface area contributed by atoms with Crippen LogP contribution >= 0.6 is 11.3 Å². The van der Waals surface area contributed by atoms with Crippen LogP contribution in [0.5, 0.6) is 0 Å². The minimum absolute atomic E-state index is 0.0751. The van der Waals surface area contributed by atoms with Crippen LogP contribution in [0.15, 0.2) is 24.3 Å². The molecule has 6 heteroatoms. The van der Waals surface area contributed by atoms with Gasteiger partial charge in [-0.25, -0.2) is 9.37 Å². The smallest absolute Gasteiger partial charge is 0.263 e. The van der Waals surface area contributed by atoms with Gasteiger partial charge in [0.25, 0.3) is 5.91 Å². The third kappa shape index (κ3) is 3.59. The van der Waals surface area contributed by atoms with E-state index in [-0.39, 0.29) is 17.8 Å². The highest BCUT2D eigenvalue weighted by Crippen LogP contribution is 2.28. The minimum Gasteiger partial charge on any atom is -0.347 e. The van der Waals surface area contributed by atoms with Gasteiger partial charge in [-0.05, 0) is 50.1 Å². The first-order valence-corrected chi connectivity index (χ1v) is 8.61. The first kappa shape index (κ1) is 16.1. The number of carbonyl (C=O) groups excluding carboxylic acids is 1. The zero-order valence-corrected chi connectivity index (χ0v) is 14.0. The maximum absolute atomic E-state index is 13.0. The van der Waals surface area contributed by atoms with E-state index in [0.29, 0.717) is 16.5 Å². The number of aryl methyl sites for hydroxylation is 1. The van der Waals surface area contributed by atoms with Gasteiger partial charge in [-0.15, -0.1) is 11.3 Å². The van der Waals surface area contributed by atoms with Gasteiger partial charge in [0.15, 0.2) is 0 Å². The van der Waals surface area contributed by atoms with E-state index in [4.69, 9.17) is 0 Å². The summed E-state index contributed by atoms with van der Waals surface area (Å²) in [5, 5.41) is 7.16. The van der Waals surface area contributed by atoms with Crippen molar-refractivity contribution in [2.45, 2.75) is 26.3 Å². The Balaban J connectivity index is 1.77. The number of hydrogen-bond donors (Lipinski definition) is 2. The fourth-order valence-corrected chi connectivity index (χ4v) is 3.71. The van der Waals surface area contributed by atoms with Crippen molar-refractivity contribution in [3.63, 3.8) is 0 Å². The van der Waals surface area contributed by atoms with Crippen molar-refractivity contribution in [3.05, 3.63) is 40.7 Å². The highest BCUT2D eigenvalue weighted by molar-refractivity contribution is 7.17. The van der Waals surface area contributed by atoms with E-state index in [2.05, 4.69) is 22.5 Å². The van der Waals surface area contributed by atoms with Gasteiger partial charge in [-0.3, -0.25) is 4.79 Å². The molecule has 1 saturated heterocycles. The van der Waals surface area contributed by atoms with Gasteiger partial charge in [-0.1, -0.05) is 6.92 Å². The molecule has 2 N–H and O–H groups in total. The van der Waals surface area contributed by atoms with Crippen molar-refractivity contribution < 1.29 is 9.18 Å². The second kappa shape index (κ2) is 6.76. The van der Waals surface area contributed by atoms with Gasteiger partial charge >= 0.3 is 0 Å². The number of nitrogens with one attached hydrogen (secondary N) is 2. The third-order valence-corrected chi connectivity index (χ3v) is 5.44. The third-order valence-electron chi connectivity index (χ3n) is 4.24. The molecule has 1 aliphatic heterocycles. The monoisotopic (exact) mass is 333 g/mol. The summed E-state index contributed by atoms with van der Waals surface area (Å²) in [5.74, 6) is 0.109. The molecule has 0 saturated carbocycles. The molecule has 23 heavy (non-hydrogen) atoms. The Hall–Kier alpha value is -1.79. The zero-order chi connectivity index (χ0) is 16.4. The van der Waals surface area contributed by atoms with E-state index in [9.17, 15) is 9.18 Å². The zero-order valence-electron chi connectivity index (χ0n) is 13.2. The normalized spacial score (nSPS) is 21.2. The van der Waals surface area contributed by atoms with Crippen LogP contribution in [-0.4, -0.2) is 30.0 Å². The van der Waals surface area contributed by atoms with Crippen LogP contribution in [0.1, 0.15) is 28.7 Å².